The third kappa shape index (κ3) is 5.97. The van der Waals surface area contributed by atoms with Gasteiger partial charge < -0.3 is 13.9 Å². The number of thioether (sulfide) groups is 1. The Kier molecular flexibility index (Phi) is 8.05. The Morgan fingerprint density at radius 2 is 1.95 bits per heavy atom. The second-order valence-corrected chi connectivity index (χ2v) is 9.91. The number of H-pyrrole nitrogens is 1. The number of nitrogens with one attached hydrogen (secondary N) is 1. The Balaban J connectivity index is 1.17. The number of aromatic nitrogens is 4. The molecule has 0 saturated carbocycles. The van der Waals surface area contributed by atoms with Crippen LogP contribution in [-0.4, -0.2) is 33.0 Å². The van der Waals surface area contributed by atoms with Crippen LogP contribution in [-0.2, 0) is 6.42 Å². The molecule has 0 aliphatic heterocycles. The summed E-state index contributed by atoms with van der Waals surface area (Å²) in [7, 11) is 0. The van der Waals surface area contributed by atoms with Gasteiger partial charge in [-0.2, -0.15) is 5.21 Å². The summed E-state index contributed by atoms with van der Waals surface area (Å²) in [6.07, 6.45) is 4.45. The van der Waals surface area contributed by atoms with Crippen LogP contribution in [0.3, 0.4) is 0 Å². The van der Waals surface area contributed by atoms with E-state index in [-0.39, 0.29) is 6.10 Å². The highest BCUT2D eigenvalue weighted by Gasteiger charge is 2.16. The van der Waals surface area contributed by atoms with Crippen molar-refractivity contribution in [3.63, 3.8) is 0 Å². The number of hydrogen-bond acceptors (Lipinski definition) is 7. The van der Waals surface area contributed by atoms with Gasteiger partial charge in [0.25, 0.3) is 0 Å². The largest absolute Gasteiger partial charge is 0.493 e. The lowest BCUT2D eigenvalue weighted by Gasteiger charge is -2.13. The summed E-state index contributed by atoms with van der Waals surface area (Å²) in [6, 6.07) is 22.6. The van der Waals surface area contributed by atoms with Gasteiger partial charge in [0.1, 0.15) is 17.1 Å². The number of hydrogen-bond donors (Lipinski definition) is 1. The molecule has 1 N–H and O–H groups in total. The van der Waals surface area contributed by atoms with Crippen molar-refractivity contribution in [3.05, 3.63) is 84.4 Å². The zero-order chi connectivity index (χ0) is 25.5. The van der Waals surface area contributed by atoms with Crippen molar-refractivity contribution >= 4 is 22.7 Å². The molecule has 0 aliphatic rings. The van der Waals surface area contributed by atoms with E-state index in [1.54, 1.807) is 11.8 Å². The molecule has 1 atom stereocenters. The van der Waals surface area contributed by atoms with E-state index in [2.05, 4.69) is 70.0 Å². The highest BCUT2D eigenvalue weighted by molar-refractivity contribution is 7.99. The fraction of sp³-hybridized carbons (Fsp3) is 0.276. The van der Waals surface area contributed by atoms with E-state index in [1.807, 2.05) is 37.5 Å². The third-order valence-electron chi connectivity index (χ3n) is 6.05. The molecule has 190 valence electrons. The molecule has 37 heavy (non-hydrogen) atoms. The molecule has 0 radical (unpaired) electrons. The maximum Gasteiger partial charge on any atom is 0.214 e. The van der Waals surface area contributed by atoms with Crippen LogP contribution in [0.5, 0.6) is 11.5 Å². The number of fused-ring (bicyclic) bond motifs is 1. The van der Waals surface area contributed by atoms with Crippen molar-refractivity contribution in [3.8, 4) is 22.6 Å². The lowest BCUT2D eigenvalue weighted by atomic mass is 10.0. The van der Waals surface area contributed by atoms with Gasteiger partial charge in [-0.3, -0.25) is 0 Å². The molecule has 1 unspecified atom stereocenters. The minimum atomic E-state index is -0.278. The van der Waals surface area contributed by atoms with Crippen LogP contribution in [0, 0.1) is 0 Å². The molecule has 5 aromatic rings. The molecule has 2 heterocycles. The third-order valence-corrected chi connectivity index (χ3v) is 7.13. The highest BCUT2D eigenvalue weighted by atomic mass is 32.2. The molecule has 8 heteroatoms. The number of ether oxygens (including phenoxy) is 2. The maximum absolute atomic E-state index is 6.25. The van der Waals surface area contributed by atoms with Gasteiger partial charge in [-0.1, -0.05) is 55.0 Å². The predicted octanol–water partition coefficient (Wildman–Crippen LogP) is 7.27. The summed E-state index contributed by atoms with van der Waals surface area (Å²) < 4.78 is 18.3. The standard InChI is InChI=1S/C29H30N4O3S/c1-3-9-25-27(15-14-24-26(19-35-28(24)25)21-10-5-4-6-11-21)34-16-8-17-37-23-13-7-12-22(18-23)36-20(2)29-30-32-33-31-29/h4-7,10-15,18-20H,3,8-9,16-17H2,1-2H3,(H,30,31,32,33). The average molecular weight is 515 g/mol. The molecule has 0 bridgehead atoms. The van der Waals surface area contributed by atoms with Gasteiger partial charge in [-0.25, -0.2) is 0 Å². The van der Waals surface area contributed by atoms with Gasteiger partial charge >= 0.3 is 0 Å². The Hall–Kier alpha value is -3.78. The van der Waals surface area contributed by atoms with Gasteiger partial charge in [-0.05, 0) is 55.7 Å². The highest BCUT2D eigenvalue weighted by Crippen LogP contribution is 2.37. The molecular weight excluding hydrogens is 484 g/mol. The summed E-state index contributed by atoms with van der Waals surface area (Å²) in [4.78, 5) is 1.15. The van der Waals surface area contributed by atoms with Crippen LogP contribution in [0.1, 0.15) is 44.2 Å². The topological polar surface area (TPSA) is 86.1 Å². The number of rotatable bonds is 12. The van der Waals surface area contributed by atoms with Crippen molar-refractivity contribution in [2.75, 3.05) is 12.4 Å². The van der Waals surface area contributed by atoms with Gasteiger partial charge in [0.15, 0.2) is 6.10 Å². The maximum atomic E-state index is 6.25. The van der Waals surface area contributed by atoms with Crippen LogP contribution in [0.15, 0.2) is 82.3 Å². The van der Waals surface area contributed by atoms with E-state index < -0.39 is 0 Å². The summed E-state index contributed by atoms with van der Waals surface area (Å²) in [5, 5.41) is 15.1. The first-order valence-electron chi connectivity index (χ1n) is 12.6. The Morgan fingerprint density at radius 3 is 2.76 bits per heavy atom. The average Bonchev–Trinajstić information content (AvgIpc) is 3.61. The normalized spacial score (nSPS) is 12.1. The zero-order valence-corrected chi connectivity index (χ0v) is 21.8. The summed E-state index contributed by atoms with van der Waals surface area (Å²) in [5.41, 5.74) is 4.36. The van der Waals surface area contributed by atoms with E-state index in [4.69, 9.17) is 13.9 Å². The van der Waals surface area contributed by atoms with Crippen molar-refractivity contribution in [2.24, 2.45) is 0 Å². The van der Waals surface area contributed by atoms with Crippen LogP contribution >= 0.6 is 11.8 Å². The molecule has 0 spiro atoms. The van der Waals surface area contributed by atoms with Crippen molar-refractivity contribution in [2.45, 2.75) is 44.1 Å². The number of aromatic amines is 1. The van der Waals surface area contributed by atoms with Crippen LogP contribution in [0.2, 0.25) is 0 Å². The number of tetrazole rings is 1. The number of benzene rings is 3. The second kappa shape index (κ2) is 12.0. The van der Waals surface area contributed by atoms with E-state index in [1.165, 1.54) is 0 Å². The zero-order valence-electron chi connectivity index (χ0n) is 21.0. The molecular formula is C29H30N4O3S. The molecule has 0 aliphatic carbocycles. The SMILES string of the molecule is CCCc1c(OCCCSc2cccc(OC(C)c3nn[nH]n3)c2)ccc2c(-c3ccccc3)coc12. The van der Waals surface area contributed by atoms with E-state index in [9.17, 15) is 0 Å². The molecule has 0 amide bonds. The first-order valence-corrected chi connectivity index (χ1v) is 13.6. The fourth-order valence-corrected chi connectivity index (χ4v) is 5.14. The lowest BCUT2D eigenvalue weighted by Crippen LogP contribution is -2.05. The number of nitrogens with zero attached hydrogens (tertiary/aromatic N) is 3. The summed E-state index contributed by atoms with van der Waals surface area (Å²) in [6.45, 7) is 4.73. The van der Waals surface area contributed by atoms with E-state index in [0.29, 0.717) is 12.4 Å². The number of aryl methyl sites for hydroxylation is 1. The molecule has 3 aromatic carbocycles. The van der Waals surface area contributed by atoms with Gasteiger partial charge in [0, 0.05) is 27.2 Å². The van der Waals surface area contributed by atoms with Gasteiger partial charge in [-0.15, -0.1) is 22.0 Å². The lowest BCUT2D eigenvalue weighted by molar-refractivity contribution is 0.216. The van der Waals surface area contributed by atoms with Crippen molar-refractivity contribution < 1.29 is 13.9 Å². The number of furan rings is 1. The molecule has 0 fully saturated rings. The van der Waals surface area contributed by atoms with Gasteiger partial charge in [0.2, 0.25) is 5.82 Å². The van der Waals surface area contributed by atoms with Crippen molar-refractivity contribution in [1.29, 1.82) is 0 Å². The molecule has 2 aromatic heterocycles. The van der Waals surface area contributed by atoms with E-state index in [0.717, 1.165) is 69.1 Å². The second-order valence-electron chi connectivity index (χ2n) is 8.74. The first-order chi connectivity index (χ1) is 18.2. The van der Waals surface area contributed by atoms with Crippen LogP contribution < -0.4 is 9.47 Å². The summed E-state index contributed by atoms with van der Waals surface area (Å²) in [5.74, 6) is 3.17. The van der Waals surface area contributed by atoms with Crippen molar-refractivity contribution in [1.82, 2.24) is 20.6 Å². The minimum Gasteiger partial charge on any atom is -0.493 e. The van der Waals surface area contributed by atoms with Crippen LogP contribution in [0.25, 0.3) is 22.1 Å². The molecule has 5 rings (SSSR count). The quantitative estimate of drug-likeness (QED) is 0.138. The molecule has 7 nitrogen and oxygen atoms in total. The first kappa shape index (κ1) is 24.9. The van der Waals surface area contributed by atoms with Gasteiger partial charge in [0.05, 0.1) is 12.9 Å². The molecule has 0 saturated heterocycles. The van der Waals surface area contributed by atoms with E-state index >= 15 is 0 Å². The smallest absolute Gasteiger partial charge is 0.214 e. The fourth-order valence-electron chi connectivity index (χ4n) is 4.27. The summed E-state index contributed by atoms with van der Waals surface area (Å²) >= 11 is 1.78. The van der Waals surface area contributed by atoms with Crippen LogP contribution in [0.4, 0.5) is 0 Å². The monoisotopic (exact) mass is 514 g/mol. The minimum absolute atomic E-state index is 0.278. The Bertz CT molecular complexity index is 1420. The Labute approximate surface area is 220 Å². The Morgan fingerprint density at radius 1 is 1.05 bits per heavy atom. The predicted molar refractivity (Wildman–Crippen MR) is 146 cm³/mol.